The summed E-state index contributed by atoms with van der Waals surface area (Å²) in [4.78, 5) is 0. The first kappa shape index (κ1) is 15.8. The minimum absolute atomic E-state index is 0.449. The topological polar surface area (TPSA) is 29.9 Å². The molecule has 1 atom stereocenters. The molecule has 0 bridgehead atoms. The molecule has 0 fully saturated rings. The monoisotopic (exact) mass is 285 g/mol. The predicted octanol–water partition coefficient (Wildman–Crippen LogP) is 4.25. The number of benzene rings is 1. The molecule has 2 rings (SSSR count). The number of aryl methyl sites for hydroxylation is 2. The summed E-state index contributed by atoms with van der Waals surface area (Å²) in [6.07, 6.45) is 1.11. The van der Waals surface area contributed by atoms with Gasteiger partial charge in [-0.2, -0.15) is 5.10 Å². The molecular weight excluding hydrogens is 258 g/mol. The molecule has 3 heteroatoms. The summed E-state index contributed by atoms with van der Waals surface area (Å²) in [5, 5.41) is 8.14. The van der Waals surface area contributed by atoms with E-state index in [2.05, 4.69) is 74.0 Å². The molecule has 114 valence electrons. The SMILES string of the molecule is CCNC(CC)c1ccc(-c2c(C)nn(CC)c2C)cc1. The fourth-order valence-corrected chi connectivity index (χ4v) is 3.05. The van der Waals surface area contributed by atoms with Gasteiger partial charge in [-0.15, -0.1) is 0 Å². The van der Waals surface area contributed by atoms with Crippen molar-refractivity contribution >= 4 is 0 Å². The third-order valence-electron chi connectivity index (χ3n) is 4.14. The van der Waals surface area contributed by atoms with Gasteiger partial charge in [0.15, 0.2) is 0 Å². The second-order valence-electron chi connectivity index (χ2n) is 5.50. The van der Waals surface area contributed by atoms with Crippen molar-refractivity contribution in [1.29, 1.82) is 0 Å². The van der Waals surface area contributed by atoms with Crippen molar-refractivity contribution in [1.82, 2.24) is 15.1 Å². The summed E-state index contributed by atoms with van der Waals surface area (Å²) in [6.45, 7) is 12.7. The van der Waals surface area contributed by atoms with Crippen molar-refractivity contribution in [2.75, 3.05) is 6.54 Å². The average molecular weight is 285 g/mol. The molecule has 2 aromatic rings. The molecule has 0 aliphatic carbocycles. The lowest BCUT2D eigenvalue weighted by Gasteiger charge is -2.16. The van der Waals surface area contributed by atoms with Gasteiger partial charge in [-0.3, -0.25) is 4.68 Å². The van der Waals surface area contributed by atoms with Crippen molar-refractivity contribution in [3.63, 3.8) is 0 Å². The maximum absolute atomic E-state index is 4.61. The molecule has 0 aliphatic heterocycles. The van der Waals surface area contributed by atoms with Gasteiger partial charge in [0, 0.05) is 23.8 Å². The predicted molar refractivity (Wildman–Crippen MR) is 89.5 cm³/mol. The Kier molecular flexibility index (Phi) is 5.18. The Morgan fingerprint density at radius 2 is 1.76 bits per heavy atom. The molecule has 1 N–H and O–H groups in total. The summed E-state index contributed by atoms with van der Waals surface area (Å²) in [5.41, 5.74) is 6.27. The van der Waals surface area contributed by atoms with Gasteiger partial charge in [0.2, 0.25) is 0 Å². The van der Waals surface area contributed by atoms with Crippen molar-refractivity contribution in [3.05, 3.63) is 41.2 Å². The highest BCUT2D eigenvalue weighted by Gasteiger charge is 2.13. The fraction of sp³-hybridized carbons (Fsp3) is 0.500. The van der Waals surface area contributed by atoms with E-state index in [1.54, 1.807) is 0 Å². The van der Waals surface area contributed by atoms with E-state index in [0.717, 1.165) is 25.2 Å². The third-order valence-corrected chi connectivity index (χ3v) is 4.14. The van der Waals surface area contributed by atoms with Gasteiger partial charge in [-0.05, 0) is 44.9 Å². The summed E-state index contributed by atoms with van der Waals surface area (Å²) in [7, 11) is 0. The van der Waals surface area contributed by atoms with Gasteiger partial charge < -0.3 is 5.32 Å². The van der Waals surface area contributed by atoms with Crippen LogP contribution < -0.4 is 5.32 Å². The van der Waals surface area contributed by atoms with Crippen LogP contribution in [0.3, 0.4) is 0 Å². The zero-order valence-electron chi connectivity index (χ0n) is 13.9. The molecule has 1 aromatic heterocycles. The molecule has 0 amide bonds. The van der Waals surface area contributed by atoms with Crippen LogP contribution in [-0.2, 0) is 6.54 Å². The van der Waals surface area contributed by atoms with Crippen molar-refractivity contribution < 1.29 is 0 Å². The number of hydrogen-bond donors (Lipinski definition) is 1. The van der Waals surface area contributed by atoms with Crippen molar-refractivity contribution in [2.24, 2.45) is 0 Å². The first-order chi connectivity index (χ1) is 10.1. The maximum Gasteiger partial charge on any atom is 0.0674 e. The molecule has 0 aliphatic rings. The van der Waals surface area contributed by atoms with Gasteiger partial charge in [0.05, 0.1) is 5.69 Å². The molecule has 21 heavy (non-hydrogen) atoms. The number of aromatic nitrogens is 2. The molecule has 1 aromatic carbocycles. The zero-order valence-corrected chi connectivity index (χ0v) is 13.9. The average Bonchev–Trinajstić information content (AvgIpc) is 2.79. The second-order valence-corrected chi connectivity index (χ2v) is 5.50. The Labute approximate surface area is 128 Å². The highest BCUT2D eigenvalue weighted by Crippen LogP contribution is 2.28. The molecule has 0 saturated carbocycles. The largest absolute Gasteiger partial charge is 0.310 e. The lowest BCUT2D eigenvalue weighted by molar-refractivity contribution is 0.537. The third kappa shape index (κ3) is 3.18. The van der Waals surface area contributed by atoms with E-state index in [4.69, 9.17) is 0 Å². The van der Waals surface area contributed by atoms with Crippen LogP contribution in [0.2, 0.25) is 0 Å². The number of rotatable bonds is 6. The minimum atomic E-state index is 0.449. The van der Waals surface area contributed by atoms with Crippen LogP contribution >= 0.6 is 0 Å². The standard InChI is InChI=1S/C18H27N3/c1-6-17(19-7-2)15-9-11-16(12-10-15)18-13(4)20-21(8-3)14(18)5/h9-12,17,19H,6-8H2,1-5H3. The van der Waals surface area contributed by atoms with Crippen LogP contribution in [0.5, 0.6) is 0 Å². The molecule has 0 saturated heterocycles. The lowest BCUT2D eigenvalue weighted by Crippen LogP contribution is -2.19. The van der Waals surface area contributed by atoms with Gasteiger partial charge in [0.1, 0.15) is 0 Å². The van der Waals surface area contributed by atoms with Gasteiger partial charge in [0.25, 0.3) is 0 Å². The summed E-state index contributed by atoms with van der Waals surface area (Å²) >= 11 is 0. The van der Waals surface area contributed by atoms with Gasteiger partial charge in [-0.25, -0.2) is 0 Å². The van der Waals surface area contributed by atoms with Crippen LogP contribution in [0, 0.1) is 13.8 Å². The molecular formula is C18H27N3. The van der Waals surface area contributed by atoms with Crippen LogP contribution in [-0.4, -0.2) is 16.3 Å². The maximum atomic E-state index is 4.61. The smallest absolute Gasteiger partial charge is 0.0674 e. The Balaban J connectivity index is 2.33. The number of nitrogens with zero attached hydrogens (tertiary/aromatic N) is 2. The molecule has 0 spiro atoms. The molecule has 0 radical (unpaired) electrons. The van der Waals surface area contributed by atoms with Crippen LogP contribution in [0.1, 0.15) is 50.2 Å². The van der Waals surface area contributed by atoms with E-state index >= 15 is 0 Å². The van der Waals surface area contributed by atoms with E-state index in [-0.39, 0.29) is 0 Å². The normalized spacial score (nSPS) is 12.6. The lowest BCUT2D eigenvalue weighted by atomic mass is 9.98. The summed E-state index contributed by atoms with van der Waals surface area (Å²) in [5.74, 6) is 0. The first-order valence-corrected chi connectivity index (χ1v) is 8.00. The summed E-state index contributed by atoms with van der Waals surface area (Å²) in [6, 6.07) is 9.39. The van der Waals surface area contributed by atoms with Gasteiger partial charge in [-0.1, -0.05) is 38.1 Å². The number of nitrogens with one attached hydrogen (secondary N) is 1. The highest BCUT2D eigenvalue weighted by atomic mass is 15.3. The second kappa shape index (κ2) is 6.90. The van der Waals surface area contributed by atoms with E-state index in [0.29, 0.717) is 6.04 Å². The fourth-order valence-electron chi connectivity index (χ4n) is 3.05. The quantitative estimate of drug-likeness (QED) is 0.860. The first-order valence-electron chi connectivity index (χ1n) is 8.00. The highest BCUT2D eigenvalue weighted by molar-refractivity contribution is 5.68. The van der Waals surface area contributed by atoms with E-state index < -0.39 is 0 Å². The molecule has 1 heterocycles. The van der Waals surface area contributed by atoms with E-state index in [9.17, 15) is 0 Å². The van der Waals surface area contributed by atoms with Crippen molar-refractivity contribution in [2.45, 2.75) is 53.6 Å². The van der Waals surface area contributed by atoms with Crippen LogP contribution in [0.15, 0.2) is 24.3 Å². The van der Waals surface area contributed by atoms with Crippen LogP contribution in [0.4, 0.5) is 0 Å². The van der Waals surface area contributed by atoms with E-state index in [1.807, 2.05) is 0 Å². The Morgan fingerprint density at radius 3 is 2.24 bits per heavy atom. The van der Waals surface area contributed by atoms with Crippen molar-refractivity contribution in [3.8, 4) is 11.1 Å². The zero-order chi connectivity index (χ0) is 15.4. The Morgan fingerprint density at radius 1 is 1.10 bits per heavy atom. The van der Waals surface area contributed by atoms with Crippen LogP contribution in [0.25, 0.3) is 11.1 Å². The molecule has 1 unspecified atom stereocenters. The number of hydrogen-bond acceptors (Lipinski definition) is 2. The van der Waals surface area contributed by atoms with Gasteiger partial charge >= 0.3 is 0 Å². The summed E-state index contributed by atoms with van der Waals surface area (Å²) < 4.78 is 2.08. The Bertz CT molecular complexity index is 581. The Hall–Kier alpha value is -1.61. The molecule has 3 nitrogen and oxygen atoms in total. The van der Waals surface area contributed by atoms with E-state index in [1.165, 1.54) is 22.4 Å². The minimum Gasteiger partial charge on any atom is -0.310 e.